The van der Waals surface area contributed by atoms with Gasteiger partial charge in [0.2, 0.25) is 29.5 Å². The van der Waals surface area contributed by atoms with Crippen LogP contribution in [0.15, 0.2) is 12.2 Å². The van der Waals surface area contributed by atoms with Crippen molar-refractivity contribution in [3.05, 3.63) is 12.2 Å². The number of ether oxygens (including phenoxy) is 3. The van der Waals surface area contributed by atoms with Crippen LogP contribution in [0.5, 0.6) is 0 Å². The van der Waals surface area contributed by atoms with Gasteiger partial charge < -0.3 is 61.2 Å². The summed E-state index contributed by atoms with van der Waals surface area (Å²) in [7, 11) is 0. The van der Waals surface area contributed by atoms with Gasteiger partial charge in [-0.1, -0.05) is 107 Å². The van der Waals surface area contributed by atoms with E-state index in [1.54, 1.807) is 0 Å². The third-order valence-electron chi connectivity index (χ3n) is 21.5. The van der Waals surface area contributed by atoms with Crippen molar-refractivity contribution in [3.8, 4) is 0 Å². The van der Waals surface area contributed by atoms with Crippen molar-refractivity contribution in [2.75, 3.05) is 52.5 Å². The average molecular weight is 1330 g/mol. The molecule has 0 heterocycles. The van der Waals surface area contributed by atoms with Crippen molar-refractivity contribution in [2.24, 2.45) is 91.7 Å². The summed E-state index contributed by atoms with van der Waals surface area (Å²) in [5.74, 6) is -7.77. The van der Waals surface area contributed by atoms with Crippen molar-refractivity contribution in [2.45, 2.75) is 212 Å². The van der Waals surface area contributed by atoms with Gasteiger partial charge in [-0.25, -0.2) is 0 Å². The number of aliphatic carboxylic acids is 4. The van der Waals surface area contributed by atoms with Gasteiger partial charge in [0.1, 0.15) is 19.8 Å². The number of hydrogen-bond acceptors (Lipinski definition) is 15. The molecule has 9 N–H and O–H groups in total. The second-order valence-corrected chi connectivity index (χ2v) is 30.1. The summed E-state index contributed by atoms with van der Waals surface area (Å²) < 4.78 is 15.7. The van der Waals surface area contributed by atoms with Crippen LogP contribution in [-0.2, 0) is 71.7 Å². The van der Waals surface area contributed by atoms with Crippen molar-refractivity contribution >= 4 is 71.3 Å². The number of carboxylic acids is 4. The van der Waals surface area contributed by atoms with Crippen molar-refractivity contribution in [1.29, 1.82) is 0 Å². The van der Waals surface area contributed by atoms with Crippen LogP contribution in [0.3, 0.4) is 0 Å². The van der Waals surface area contributed by atoms with Crippen LogP contribution in [0.2, 0.25) is 0 Å². The van der Waals surface area contributed by atoms with Gasteiger partial charge in [-0.2, -0.15) is 0 Å². The normalized spacial score (nSPS) is 27.1. The monoisotopic (exact) mass is 1330 g/mol. The maximum absolute atomic E-state index is 13.0. The van der Waals surface area contributed by atoms with E-state index in [4.69, 9.17) is 19.3 Å². The van der Waals surface area contributed by atoms with E-state index < -0.39 is 98.4 Å². The van der Waals surface area contributed by atoms with Crippen LogP contribution in [0, 0.1) is 91.7 Å². The number of fused-ring (bicyclic) bond motifs is 2. The third kappa shape index (κ3) is 22.2. The zero-order chi connectivity index (χ0) is 70.6. The molecule has 8 aliphatic carbocycles. The Labute approximate surface area is 555 Å². The molecule has 0 aliphatic heterocycles. The number of rotatable bonds is 29. The summed E-state index contributed by atoms with van der Waals surface area (Å²) >= 11 is 0. The van der Waals surface area contributed by atoms with Gasteiger partial charge in [0.15, 0.2) is 0 Å². The molecular weight excluding hydrogens is 1210 g/mol. The van der Waals surface area contributed by atoms with Crippen molar-refractivity contribution in [3.63, 3.8) is 0 Å². The highest BCUT2D eigenvalue weighted by Gasteiger charge is 2.61. The van der Waals surface area contributed by atoms with E-state index in [0.717, 1.165) is 77.0 Å². The highest BCUT2D eigenvalue weighted by atomic mass is 16.5. The summed E-state index contributed by atoms with van der Waals surface area (Å²) in [6, 6.07) is 0. The van der Waals surface area contributed by atoms with Gasteiger partial charge in [-0.3, -0.25) is 57.5 Å². The fourth-order valence-corrected chi connectivity index (χ4v) is 14.5. The van der Waals surface area contributed by atoms with Crippen LogP contribution in [0.1, 0.15) is 212 Å². The standard InChI is InChI=1S/C21H33NO5.C17H25NO5.C16H28N2O4.C16H27NO5/c1-4-19(2,3)18(26)27-6-5-22-17(25)21-10-14-7-15(11-21)9-20(8-14,13-21)12-16(23)24;1-4-17(2,3)16(22)18-7-8-23-15(21)13-11-6-5-10(9-11)12(13)14(19)20;1-4-16(2,3)15(22)18-10-9-17-13(19)11-7-5-6-8-12(11)14(20)21;1-4-16(2,3)15(21)17-9-10-22-14(20)12-8-6-5-7-11(12)13(18)19/h14-15H,4-13H2,1-3H3,(H,22,25)(H,23,24);5-6,10-13H,4,7-9H2,1-3H3,(H,18,22)(H,19,20);11-12H,4-10H2,1-3H3,(H,17,19)(H,18,22)(H,20,21);11-12H,4-10H2,1-3H3,(H,17,21)(H,18,19). The van der Waals surface area contributed by atoms with E-state index in [9.17, 15) is 72.9 Å². The highest BCUT2D eigenvalue weighted by molar-refractivity contribution is 5.87. The Morgan fingerprint density at radius 3 is 1.31 bits per heavy atom. The first kappa shape index (κ1) is 79.8. The lowest BCUT2D eigenvalue weighted by atomic mass is 9.43. The Balaban J connectivity index is 0.000000268. The first-order chi connectivity index (χ1) is 44.0. The lowest BCUT2D eigenvalue weighted by Crippen LogP contribution is -2.58. The molecule has 7 fully saturated rings. The quantitative estimate of drug-likeness (QED) is 0.0147. The molecule has 0 spiro atoms. The Morgan fingerprint density at radius 1 is 0.447 bits per heavy atom. The molecule has 10 unspecified atom stereocenters. The van der Waals surface area contributed by atoms with E-state index in [1.165, 1.54) is 0 Å². The second-order valence-electron chi connectivity index (χ2n) is 30.1. The van der Waals surface area contributed by atoms with Crippen molar-refractivity contribution in [1.82, 2.24) is 26.6 Å². The molecule has 5 amide bonds. The summed E-state index contributed by atoms with van der Waals surface area (Å²) in [5, 5.41) is 51.0. The topological polar surface area (TPSA) is 374 Å². The minimum atomic E-state index is -0.943. The molecule has 24 nitrogen and oxygen atoms in total. The molecule has 0 aromatic rings. The number of carbonyl (C=O) groups is 12. The van der Waals surface area contributed by atoms with E-state index in [1.807, 2.05) is 95.2 Å². The molecule has 7 saturated carbocycles. The molecule has 532 valence electrons. The number of carboxylic acid groups (broad SMARTS) is 4. The predicted octanol–water partition coefficient (Wildman–Crippen LogP) is 8.27. The van der Waals surface area contributed by atoms with E-state index in [0.29, 0.717) is 76.4 Å². The molecule has 10 atom stereocenters. The Morgan fingerprint density at radius 2 is 0.851 bits per heavy atom. The number of allylic oxidation sites excluding steroid dienone is 2. The number of nitrogens with one attached hydrogen (secondary N) is 5. The fourth-order valence-electron chi connectivity index (χ4n) is 14.5. The number of esters is 3. The Kier molecular flexibility index (Phi) is 30.1. The van der Waals surface area contributed by atoms with Gasteiger partial charge in [0.25, 0.3) is 0 Å². The number of hydrogen-bond donors (Lipinski definition) is 9. The fraction of sp³-hybridized carbons (Fsp3) is 0.800. The van der Waals surface area contributed by atoms with Gasteiger partial charge in [0.05, 0.1) is 72.4 Å². The number of amides is 5. The molecule has 94 heavy (non-hydrogen) atoms. The lowest BCUT2D eigenvalue weighted by Gasteiger charge is -2.61. The number of carbonyl (C=O) groups excluding carboxylic acids is 8. The van der Waals surface area contributed by atoms with Gasteiger partial charge in [0, 0.05) is 29.3 Å². The van der Waals surface area contributed by atoms with Crippen LogP contribution < -0.4 is 26.6 Å². The summed E-state index contributed by atoms with van der Waals surface area (Å²) in [6.07, 6.45) is 18.8. The van der Waals surface area contributed by atoms with Crippen molar-refractivity contribution < 1.29 is 92.2 Å². The van der Waals surface area contributed by atoms with E-state index in [-0.39, 0.29) is 92.1 Å². The molecule has 0 aromatic carbocycles. The molecule has 8 aliphatic rings. The molecule has 8 rings (SSSR count). The van der Waals surface area contributed by atoms with Crippen LogP contribution in [-0.4, -0.2) is 144 Å². The van der Waals surface area contributed by atoms with E-state index >= 15 is 0 Å². The minimum absolute atomic E-state index is 0.0252. The molecular formula is C70H113N5O19. The average Bonchev–Trinajstić information content (AvgIpc) is 0.906. The smallest absolute Gasteiger partial charge is 0.311 e. The second kappa shape index (κ2) is 35.4. The SMILES string of the molecule is CCC(C)(C)C(=O)NCCNC(=O)C1CCCCC1C(=O)O.CCC(C)(C)C(=O)NCCOC(=O)C1C2C=CC(C2)C1C(=O)O.CCC(C)(C)C(=O)NCCOC(=O)C1CCCCC1C(=O)O.CCC(C)(C)C(=O)OCCNC(=O)C12CC3CC(CC(CC(=O)O)(C3)C1)C2. The first-order valence-electron chi connectivity index (χ1n) is 34.5. The zero-order valence-corrected chi connectivity index (χ0v) is 58.1. The Hall–Kier alpha value is -6.62. The lowest BCUT2D eigenvalue weighted by molar-refractivity contribution is -0.165. The maximum Gasteiger partial charge on any atom is 0.311 e. The first-order valence-corrected chi connectivity index (χ1v) is 34.5. The predicted molar refractivity (Wildman–Crippen MR) is 348 cm³/mol. The van der Waals surface area contributed by atoms with E-state index in [2.05, 4.69) is 26.6 Å². The summed E-state index contributed by atoms with van der Waals surface area (Å²) in [4.78, 5) is 142. The van der Waals surface area contributed by atoms with Gasteiger partial charge >= 0.3 is 41.8 Å². The third-order valence-corrected chi connectivity index (χ3v) is 21.5. The molecule has 0 radical (unpaired) electrons. The summed E-state index contributed by atoms with van der Waals surface area (Å²) in [6.45, 7) is 24.5. The zero-order valence-electron chi connectivity index (χ0n) is 58.1. The molecule has 6 bridgehead atoms. The molecule has 0 saturated heterocycles. The molecule has 24 heteroatoms. The van der Waals surface area contributed by atoms with Gasteiger partial charge in [-0.05, 0) is 139 Å². The van der Waals surface area contributed by atoms with Crippen LogP contribution >= 0.6 is 0 Å². The van der Waals surface area contributed by atoms with Crippen LogP contribution in [0.4, 0.5) is 0 Å². The summed E-state index contributed by atoms with van der Waals surface area (Å²) in [5.41, 5.74) is -2.44. The van der Waals surface area contributed by atoms with Gasteiger partial charge in [-0.15, -0.1) is 0 Å². The molecule has 0 aromatic heterocycles. The Bertz CT molecular complexity index is 2610. The maximum atomic E-state index is 13.0. The highest BCUT2D eigenvalue weighted by Crippen LogP contribution is 2.66. The minimum Gasteiger partial charge on any atom is -0.481 e. The van der Waals surface area contributed by atoms with Crippen LogP contribution in [0.25, 0.3) is 0 Å². The largest absolute Gasteiger partial charge is 0.481 e.